The molecule has 0 aromatic heterocycles. The van der Waals surface area contributed by atoms with Crippen LogP contribution in [0.2, 0.25) is 0 Å². The van der Waals surface area contributed by atoms with Crippen LogP contribution < -0.4 is 0 Å². The van der Waals surface area contributed by atoms with Gasteiger partial charge in [0.05, 0.1) is 0 Å². The van der Waals surface area contributed by atoms with Crippen molar-refractivity contribution in [3.05, 3.63) is 21.4 Å². The van der Waals surface area contributed by atoms with Crippen LogP contribution in [0.25, 0.3) is 0 Å². The Morgan fingerprint density at radius 3 is 1.57 bits per heavy atom. The first-order valence-electron chi connectivity index (χ1n) is 1.67. The molecule has 7 heavy (non-hydrogen) atoms. The van der Waals surface area contributed by atoms with Gasteiger partial charge >= 0.3 is 38.8 Å². The van der Waals surface area contributed by atoms with Crippen LogP contribution in [0.1, 0.15) is 0 Å². The molecule has 0 aromatic carbocycles. The summed E-state index contributed by atoms with van der Waals surface area (Å²) in [5, 5.41) is 0. The molecule has 1 heterocycles. The summed E-state index contributed by atoms with van der Waals surface area (Å²) in [6, 6.07) is 0. The van der Waals surface area contributed by atoms with Crippen molar-refractivity contribution >= 4 is 68.8 Å². The van der Waals surface area contributed by atoms with Crippen LogP contribution in [0.5, 0.6) is 0 Å². The minimum absolute atomic E-state index is 0. The van der Waals surface area contributed by atoms with Gasteiger partial charge in [0.2, 0.25) is 0 Å². The maximum absolute atomic E-state index is 2.28. The summed E-state index contributed by atoms with van der Waals surface area (Å²) < 4.78 is 4.56. The van der Waals surface area contributed by atoms with E-state index in [-0.39, 0.29) is 74.3 Å². The Kier molecular flexibility index (Phi) is 12.7. The van der Waals surface area contributed by atoms with E-state index in [1.807, 2.05) is 0 Å². The third kappa shape index (κ3) is 5.59. The fourth-order valence-corrected chi connectivity index (χ4v) is 1.67. The molecule has 0 aliphatic carbocycles. The van der Waals surface area contributed by atoms with Crippen LogP contribution in [0.3, 0.4) is 0 Å². The van der Waals surface area contributed by atoms with E-state index in [1.165, 1.54) is 0 Å². The van der Waals surface area contributed by atoms with Gasteiger partial charge in [-0.3, -0.25) is 0 Å². The van der Waals surface area contributed by atoms with E-state index in [2.05, 4.69) is 21.4 Å². The first-order valence-corrected chi connectivity index (χ1v) is 4.46. The molecule has 0 unspecified atom stereocenters. The first kappa shape index (κ1) is 11.5. The van der Waals surface area contributed by atoms with Crippen molar-refractivity contribution in [1.29, 1.82) is 0 Å². The van der Waals surface area contributed by atoms with Gasteiger partial charge in [0.1, 0.15) is 0 Å². The molecule has 0 spiro atoms. The van der Waals surface area contributed by atoms with E-state index in [4.69, 9.17) is 0 Å². The Hall–Kier alpha value is 1.71. The summed E-state index contributed by atoms with van der Waals surface area (Å²) in [7, 11) is 0. The molecule has 2 radical (unpaired) electrons. The van der Waals surface area contributed by atoms with Gasteiger partial charge in [-0.15, -0.1) is 0 Å². The van der Waals surface area contributed by atoms with Crippen molar-refractivity contribution in [2.75, 3.05) is 0 Å². The average molecular weight is 179 g/mol. The smallest absolute Gasteiger partial charge is 0 e. The van der Waals surface area contributed by atoms with Crippen LogP contribution in [-0.4, -0.2) is 74.3 Å². The maximum Gasteiger partial charge on any atom is 0 e. The van der Waals surface area contributed by atoms with Gasteiger partial charge in [-0.2, -0.15) is 0 Å². The molecular weight excluding hydrogens is 173 g/mol. The molecule has 1 aliphatic rings. The zero-order chi connectivity index (χ0) is 3.54. The summed E-state index contributed by atoms with van der Waals surface area (Å²) in [4.78, 5) is 0. The minimum Gasteiger partial charge on any atom is -0.412 e. The van der Waals surface area contributed by atoms with E-state index in [0.29, 0.717) is 0 Å². The van der Waals surface area contributed by atoms with Gasteiger partial charge in [-0.1, -0.05) is 0 Å². The number of hydrogen-bond acceptors (Lipinski definition) is 0. The van der Waals surface area contributed by atoms with Crippen LogP contribution in [0.15, 0.2) is 21.4 Å². The Labute approximate surface area is 93.8 Å². The van der Waals surface area contributed by atoms with Crippen LogP contribution in [0, 0.1) is 0 Å². The molecular formula is C4H6GaKO. The Morgan fingerprint density at radius 1 is 1.00 bits per heavy atom. The summed E-state index contributed by atoms with van der Waals surface area (Å²) in [5.41, 5.74) is 0. The second kappa shape index (κ2) is 7.71. The van der Waals surface area contributed by atoms with Crippen molar-refractivity contribution in [2.45, 2.75) is 0 Å². The molecule has 0 amide bonds. The predicted molar refractivity (Wildman–Crippen MR) is 33.4 cm³/mol. The predicted octanol–water partition coefficient (Wildman–Crippen LogP) is -0.474. The second-order valence-electron chi connectivity index (χ2n) is 0.962. The minimum atomic E-state index is 0. The van der Waals surface area contributed by atoms with Crippen molar-refractivity contribution in [2.24, 2.45) is 0 Å². The molecule has 3 heteroatoms. The number of rotatable bonds is 0. The van der Waals surface area contributed by atoms with Gasteiger partial charge in [0, 0.05) is 51.4 Å². The molecule has 0 fully saturated rings. The summed E-state index contributed by atoms with van der Waals surface area (Å²) in [6.07, 6.45) is 4.25. The maximum atomic E-state index is 2.28. The monoisotopic (exact) mass is 178 g/mol. The van der Waals surface area contributed by atoms with Crippen LogP contribution in [0.4, 0.5) is 0 Å². The second-order valence-corrected chi connectivity index (χ2v) is 3.38. The van der Waals surface area contributed by atoms with Gasteiger partial charge in [-0.25, -0.2) is 0 Å². The van der Waals surface area contributed by atoms with E-state index in [1.54, 1.807) is 0 Å². The fraction of sp³-hybridized carbons (Fsp3) is 0. The molecule has 0 saturated carbocycles. The van der Waals surface area contributed by atoms with Gasteiger partial charge in [-0.05, 0) is 0 Å². The molecule has 0 saturated heterocycles. The van der Waals surface area contributed by atoms with Crippen LogP contribution >= 0.6 is 0 Å². The molecule has 0 aromatic rings. The molecule has 1 rings (SSSR count). The van der Waals surface area contributed by atoms with Crippen molar-refractivity contribution in [3.63, 3.8) is 0 Å². The van der Waals surface area contributed by atoms with Gasteiger partial charge < -0.3 is 5.48 Å². The summed E-state index contributed by atoms with van der Waals surface area (Å²) in [5.74, 6) is 0. The molecule has 1 aliphatic heterocycles. The zero-order valence-corrected chi connectivity index (χ0v) is 9.93. The fourth-order valence-electron chi connectivity index (χ4n) is 0.321. The van der Waals surface area contributed by atoms with Crippen molar-refractivity contribution in [3.8, 4) is 0 Å². The zero-order valence-electron chi connectivity index (χ0n) is 4.39. The third-order valence-electron chi connectivity index (χ3n) is 0.556. The molecule has 0 atom stereocenters. The number of hydrogen-bond donors (Lipinski definition) is 0. The Balaban J connectivity index is 0. The standard InChI is InChI=1S/C4H4.Ga.K.H2O/c1-3-4-2;;;/h1-4H;;;1H2. The topological polar surface area (TPSA) is 31.5 Å². The Morgan fingerprint density at radius 2 is 1.43 bits per heavy atom. The van der Waals surface area contributed by atoms with E-state index in [9.17, 15) is 0 Å². The molecule has 0 bridgehead atoms. The van der Waals surface area contributed by atoms with Crippen molar-refractivity contribution < 1.29 is 5.48 Å². The molecule has 32 valence electrons. The van der Waals surface area contributed by atoms with E-state index in [0.717, 1.165) is 0 Å². The largest absolute Gasteiger partial charge is 0.412 e. The molecule has 2 N–H and O–H groups in total. The average Bonchev–Trinajstić information content (AvgIpc) is 1.76. The summed E-state index contributed by atoms with van der Waals surface area (Å²) in [6.45, 7) is 0. The van der Waals surface area contributed by atoms with Crippen molar-refractivity contribution in [1.82, 2.24) is 0 Å². The van der Waals surface area contributed by atoms with Crippen LogP contribution in [-0.2, 0) is 0 Å². The summed E-state index contributed by atoms with van der Waals surface area (Å²) >= 11 is 0.0625. The normalized spacial score (nSPS) is 11.4. The van der Waals surface area contributed by atoms with Gasteiger partial charge in [0.25, 0.3) is 0 Å². The van der Waals surface area contributed by atoms with E-state index >= 15 is 0 Å². The SMILES string of the molecule is C1=[CH][Ga][CH]=C1.O.[K]. The van der Waals surface area contributed by atoms with E-state index < -0.39 is 0 Å². The quantitative estimate of drug-likeness (QED) is 0.450. The molecule has 1 nitrogen and oxygen atoms in total. The Bertz CT molecular complexity index is 69.8. The third-order valence-corrected chi connectivity index (χ3v) is 2.42. The number of allylic oxidation sites excluding steroid dienone is 2. The van der Waals surface area contributed by atoms with Gasteiger partial charge in [0.15, 0.2) is 0 Å². The first-order chi connectivity index (χ1) is 2.50.